The molecule has 0 bridgehead atoms. The van der Waals surface area contributed by atoms with Crippen molar-refractivity contribution in [3.05, 3.63) is 24.3 Å². The predicted octanol–water partition coefficient (Wildman–Crippen LogP) is 1.34. The third kappa shape index (κ3) is 7.91. The van der Waals surface area contributed by atoms with E-state index in [1.165, 1.54) is 30.8 Å². The zero-order chi connectivity index (χ0) is 28.6. The van der Waals surface area contributed by atoms with Gasteiger partial charge in [0.05, 0.1) is 20.3 Å². The lowest BCUT2D eigenvalue weighted by Gasteiger charge is -2.43. The number of nitrogens with zero attached hydrogens (tertiary/aromatic N) is 1. The molecule has 1 aromatic rings. The van der Waals surface area contributed by atoms with Gasteiger partial charge in [-0.15, -0.1) is 0 Å². The van der Waals surface area contributed by atoms with Gasteiger partial charge >= 0.3 is 13.7 Å². The molecule has 14 heteroatoms. The summed E-state index contributed by atoms with van der Waals surface area (Å²) in [6.07, 6.45) is -2.77. The normalized spacial score (nSPS) is 28.9. The van der Waals surface area contributed by atoms with Crippen molar-refractivity contribution >= 4 is 19.6 Å². The van der Waals surface area contributed by atoms with Crippen molar-refractivity contribution in [1.29, 1.82) is 0 Å². The molecule has 1 aromatic carbocycles. The molecular weight excluding hydrogens is 535 g/mol. The van der Waals surface area contributed by atoms with Crippen LogP contribution in [0.25, 0.3) is 0 Å². The van der Waals surface area contributed by atoms with Crippen molar-refractivity contribution in [3.8, 4) is 11.5 Å². The maximum Gasteiger partial charge on any atom is 0.462 e. The quantitative estimate of drug-likeness (QED) is 0.151. The summed E-state index contributed by atoms with van der Waals surface area (Å²) in [5, 5.41) is 33.6. The molecule has 39 heavy (non-hydrogen) atoms. The van der Waals surface area contributed by atoms with Crippen LogP contribution in [-0.2, 0) is 28.2 Å². The van der Waals surface area contributed by atoms with Gasteiger partial charge in [-0.25, -0.2) is 4.57 Å². The summed E-state index contributed by atoms with van der Waals surface area (Å²) in [6, 6.07) is 3.89. The number of aliphatic hydroxyl groups is 3. The Kier molecular flexibility index (Phi) is 11.6. The van der Waals surface area contributed by atoms with Crippen molar-refractivity contribution in [2.45, 2.75) is 82.6 Å². The minimum atomic E-state index is -4.46. The third-order valence-electron chi connectivity index (χ3n) is 6.58. The smallest absolute Gasteiger partial charge is 0.462 e. The Morgan fingerprint density at radius 1 is 1.18 bits per heavy atom. The topological polar surface area (TPSA) is 173 Å². The molecule has 2 aliphatic rings. The van der Waals surface area contributed by atoms with E-state index < -0.39 is 62.9 Å². The first-order valence-electron chi connectivity index (χ1n) is 13.1. The van der Waals surface area contributed by atoms with E-state index in [-0.39, 0.29) is 18.9 Å². The molecule has 0 radical (unpaired) electrons. The Balaban J connectivity index is 1.92. The average Bonchev–Trinajstić information content (AvgIpc) is 3.42. The second-order valence-electron chi connectivity index (χ2n) is 9.47. The Bertz CT molecular complexity index is 995. The monoisotopic (exact) mass is 574 g/mol. The van der Waals surface area contributed by atoms with Crippen LogP contribution in [0.2, 0.25) is 0 Å². The summed E-state index contributed by atoms with van der Waals surface area (Å²) in [4.78, 5) is 24.7. The number of ether oxygens (including phenoxy) is 3. The number of hydrogen-bond acceptors (Lipinski definition) is 11. The molecule has 3 rings (SSSR count). The third-order valence-corrected chi connectivity index (χ3v) is 8.64. The Labute approximate surface area is 227 Å². The van der Waals surface area contributed by atoms with Crippen molar-refractivity contribution in [2.75, 3.05) is 26.9 Å². The van der Waals surface area contributed by atoms with Crippen molar-refractivity contribution < 1.29 is 52.7 Å². The zero-order valence-corrected chi connectivity index (χ0v) is 23.3. The molecule has 7 atom stereocenters. The van der Waals surface area contributed by atoms with Gasteiger partial charge in [-0.2, -0.15) is 4.67 Å². The number of nitrogens with one attached hydrogen (secondary N) is 1. The minimum absolute atomic E-state index is 0.131. The van der Waals surface area contributed by atoms with Crippen molar-refractivity contribution in [1.82, 2.24) is 9.99 Å². The second-order valence-corrected chi connectivity index (χ2v) is 11.3. The fourth-order valence-electron chi connectivity index (χ4n) is 4.57. The van der Waals surface area contributed by atoms with E-state index in [0.717, 1.165) is 12.8 Å². The van der Waals surface area contributed by atoms with E-state index in [0.29, 0.717) is 25.0 Å². The SMILES string of the molecule is CCCCCOC(=O)C1CCCN1P(=O)(Oc1ccc(OC)cc1)O[C@H]1[C@H](O)[C@@H](NC(C)=O)[C@@H](O)O[C@@H]1CO. The standard InChI is InChI=1S/C25H39N2O11P/c1-4-5-6-14-35-24(31)19-8-7-13-27(19)39(33,37-18-11-9-17(34-3)10-12-18)38-23-20(15-28)36-25(32)21(22(23)30)26-16(2)29/h9-12,19-23,25,28,30,32H,4-8,13-15H2,1-3H3,(H,26,29)/t19?,20-,21-,22-,23-,25+,39?/m1/s1. The van der Waals surface area contributed by atoms with Gasteiger partial charge in [-0.3, -0.25) is 14.1 Å². The van der Waals surface area contributed by atoms with E-state index in [4.69, 9.17) is 23.3 Å². The van der Waals surface area contributed by atoms with Crippen LogP contribution in [0.15, 0.2) is 24.3 Å². The summed E-state index contributed by atoms with van der Waals surface area (Å²) in [5.41, 5.74) is 0. The fraction of sp³-hybridized carbons (Fsp3) is 0.680. The van der Waals surface area contributed by atoms with Crippen LogP contribution in [0.4, 0.5) is 0 Å². The lowest BCUT2D eigenvalue weighted by Crippen LogP contribution is -2.64. The molecule has 2 unspecified atom stereocenters. The van der Waals surface area contributed by atoms with Crippen LogP contribution in [0.5, 0.6) is 11.5 Å². The van der Waals surface area contributed by atoms with Crippen LogP contribution < -0.4 is 14.6 Å². The molecule has 0 saturated carbocycles. The molecule has 2 fully saturated rings. The molecule has 2 heterocycles. The molecule has 13 nitrogen and oxygen atoms in total. The number of unbranched alkanes of at least 4 members (excludes halogenated alkanes) is 2. The van der Waals surface area contributed by atoms with Gasteiger partial charge in [0.2, 0.25) is 5.91 Å². The van der Waals surface area contributed by atoms with Crippen LogP contribution in [-0.4, -0.2) is 95.4 Å². The number of carbonyl (C=O) groups is 2. The largest absolute Gasteiger partial charge is 0.497 e. The lowest BCUT2D eigenvalue weighted by molar-refractivity contribution is -0.250. The number of esters is 1. The van der Waals surface area contributed by atoms with Crippen molar-refractivity contribution in [3.63, 3.8) is 0 Å². The van der Waals surface area contributed by atoms with Gasteiger partial charge in [0, 0.05) is 13.5 Å². The van der Waals surface area contributed by atoms with Crippen LogP contribution >= 0.6 is 7.75 Å². The minimum Gasteiger partial charge on any atom is -0.497 e. The average molecular weight is 575 g/mol. The van der Waals surface area contributed by atoms with Gasteiger partial charge in [0.1, 0.15) is 41.9 Å². The Morgan fingerprint density at radius 2 is 1.87 bits per heavy atom. The molecule has 0 spiro atoms. The van der Waals surface area contributed by atoms with E-state index >= 15 is 0 Å². The van der Waals surface area contributed by atoms with Crippen LogP contribution in [0, 0.1) is 0 Å². The second kappa shape index (κ2) is 14.4. The summed E-state index contributed by atoms with van der Waals surface area (Å²) in [5.74, 6) is -0.481. The van der Waals surface area contributed by atoms with E-state index in [2.05, 4.69) is 5.32 Å². The van der Waals surface area contributed by atoms with E-state index in [9.17, 15) is 29.5 Å². The molecule has 0 aliphatic carbocycles. The summed E-state index contributed by atoms with van der Waals surface area (Å²) < 4.78 is 43.6. The highest BCUT2D eigenvalue weighted by Gasteiger charge is 2.53. The molecule has 4 N–H and O–H groups in total. The number of carbonyl (C=O) groups excluding carboxylic acids is 2. The van der Waals surface area contributed by atoms with Gasteiger partial charge in [0.15, 0.2) is 6.29 Å². The number of amides is 1. The summed E-state index contributed by atoms with van der Waals surface area (Å²) in [6.45, 7) is 2.89. The van der Waals surface area contributed by atoms with Gasteiger partial charge < -0.3 is 39.4 Å². The van der Waals surface area contributed by atoms with E-state index in [1.807, 2.05) is 6.92 Å². The summed E-state index contributed by atoms with van der Waals surface area (Å²) >= 11 is 0. The number of benzene rings is 1. The van der Waals surface area contributed by atoms with Crippen LogP contribution in [0.1, 0.15) is 46.0 Å². The lowest BCUT2D eigenvalue weighted by atomic mass is 9.97. The molecule has 220 valence electrons. The first-order valence-corrected chi connectivity index (χ1v) is 14.6. The predicted molar refractivity (Wildman–Crippen MR) is 138 cm³/mol. The number of methoxy groups -OCH3 is 1. The van der Waals surface area contributed by atoms with Gasteiger partial charge in [-0.1, -0.05) is 19.8 Å². The molecule has 0 aromatic heterocycles. The van der Waals surface area contributed by atoms with Crippen LogP contribution in [0.3, 0.4) is 0 Å². The number of hydrogen-bond donors (Lipinski definition) is 4. The number of rotatable bonds is 13. The number of aliphatic hydroxyl groups excluding tert-OH is 3. The molecule has 2 aliphatic heterocycles. The first-order chi connectivity index (χ1) is 18.6. The molecular formula is C25H39N2O11P. The molecule has 1 amide bonds. The maximum atomic E-state index is 14.6. The first kappa shape index (κ1) is 31.3. The highest BCUT2D eigenvalue weighted by atomic mass is 31.2. The molecule has 2 saturated heterocycles. The zero-order valence-electron chi connectivity index (χ0n) is 22.4. The Morgan fingerprint density at radius 3 is 2.49 bits per heavy atom. The van der Waals surface area contributed by atoms with Crippen molar-refractivity contribution in [2.24, 2.45) is 0 Å². The van der Waals surface area contributed by atoms with E-state index in [1.54, 1.807) is 12.1 Å². The highest BCUT2D eigenvalue weighted by Crippen LogP contribution is 2.57. The van der Waals surface area contributed by atoms with Gasteiger partial charge in [0.25, 0.3) is 0 Å². The summed E-state index contributed by atoms with van der Waals surface area (Å²) in [7, 11) is -2.97. The fourth-order valence-corrected chi connectivity index (χ4v) is 6.73. The maximum absolute atomic E-state index is 14.6. The highest BCUT2D eigenvalue weighted by molar-refractivity contribution is 7.51. The Hall–Kier alpha value is -2.25. The van der Waals surface area contributed by atoms with Gasteiger partial charge in [-0.05, 0) is 43.5 Å².